The molecule has 0 aliphatic carbocycles. The number of quaternary nitrogens is 1. The van der Waals surface area contributed by atoms with E-state index in [1.54, 1.807) is 11.8 Å². The van der Waals surface area contributed by atoms with Crippen molar-refractivity contribution in [3.8, 4) is 0 Å². The molecule has 0 aromatic heterocycles. The Morgan fingerprint density at radius 2 is 1.83 bits per heavy atom. The van der Waals surface area contributed by atoms with Gasteiger partial charge in [-0.15, -0.1) is 0 Å². The largest absolute Gasteiger partial charge is 0.391 e. The number of likely N-dealkylation sites (N-methyl/N-ethyl adjacent to an activating group) is 1. The number of hydrogen-bond acceptors (Lipinski definition) is 3. The first-order valence-electron chi connectivity index (χ1n) is 8.20. The zero-order valence-corrected chi connectivity index (χ0v) is 15.9. The lowest BCUT2D eigenvalue weighted by molar-refractivity contribution is -0.911. The molecule has 3 nitrogen and oxygen atoms in total. The van der Waals surface area contributed by atoms with Gasteiger partial charge in [0.1, 0.15) is 12.6 Å². The van der Waals surface area contributed by atoms with Gasteiger partial charge < -0.3 is 14.5 Å². The summed E-state index contributed by atoms with van der Waals surface area (Å²) in [4.78, 5) is 4.87. The highest BCUT2D eigenvalue weighted by Gasteiger charge is 2.30. The zero-order valence-electron chi connectivity index (χ0n) is 14.4. The summed E-state index contributed by atoms with van der Waals surface area (Å²) in [6.07, 6.45) is 0. The van der Waals surface area contributed by atoms with Crippen LogP contribution in [0.4, 0.5) is 11.4 Å². The lowest BCUT2D eigenvalue weighted by atomic mass is 10.1. The van der Waals surface area contributed by atoms with Gasteiger partial charge in [0, 0.05) is 14.8 Å². The standard InChI is InChI=1S/C19H24ClN2OS/c1-14(22(2,3)10-11-23)13-21-16-6-4-5-7-18(16)24-19-9-8-15(20)12-17(19)21/h4-9,12,14,23H,10-11,13H2,1-3H3/q+1. The molecule has 0 fully saturated rings. The van der Waals surface area contributed by atoms with Crippen LogP contribution in [0.3, 0.4) is 0 Å². The highest BCUT2D eigenvalue weighted by atomic mass is 35.5. The fourth-order valence-electron chi connectivity index (χ4n) is 2.96. The Kier molecular flexibility index (Phi) is 5.11. The van der Waals surface area contributed by atoms with E-state index in [9.17, 15) is 5.11 Å². The summed E-state index contributed by atoms with van der Waals surface area (Å²) in [5.74, 6) is 0. The third-order valence-electron chi connectivity index (χ3n) is 4.90. The number of rotatable bonds is 5. The van der Waals surface area contributed by atoms with E-state index < -0.39 is 0 Å². The van der Waals surface area contributed by atoms with Gasteiger partial charge >= 0.3 is 0 Å². The van der Waals surface area contributed by atoms with Crippen molar-refractivity contribution in [3.05, 3.63) is 47.5 Å². The average Bonchev–Trinajstić information content (AvgIpc) is 2.55. The van der Waals surface area contributed by atoms with Crippen LogP contribution in [0, 0.1) is 0 Å². The molecule has 1 N–H and O–H groups in total. The summed E-state index contributed by atoms with van der Waals surface area (Å²) < 4.78 is 0.776. The molecule has 1 unspecified atom stereocenters. The van der Waals surface area contributed by atoms with Crippen LogP contribution in [0.2, 0.25) is 5.02 Å². The molecule has 5 heteroatoms. The van der Waals surface area contributed by atoms with E-state index in [-0.39, 0.29) is 6.61 Å². The number of aliphatic hydroxyl groups excluding tert-OH is 1. The molecule has 1 heterocycles. The van der Waals surface area contributed by atoms with Gasteiger partial charge in [-0.1, -0.05) is 35.5 Å². The monoisotopic (exact) mass is 363 g/mol. The molecule has 1 aliphatic rings. The fraction of sp³-hybridized carbons (Fsp3) is 0.368. The topological polar surface area (TPSA) is 23.5 Å². The molecule has 2 aromatic rings. The van der Waals surface area contributed by atoms with Crippen LogP contribution in [-0.4, -0.2) is 49.4 Å². The second-order valence-electron chi connectivity index (χ2n) is 6.87. The molecule has 128 valence electrons. The number of fused-ring (bicyclic) bond motifs is 2. The number of halogens is 1. The predicted octanol–water partition coefficient (Wildman–Crippen LogP) is 4.40. The lowest BCUT2D eigenvalue weighted by Gasteiger charge is -2.41. The third kappa shape index (κ3) is 3.42. The quantitative estimate of drug-likeness (QED) is 0.796. The zero-order chi connectivity index (χ0) is 17.3. The van der Waals surface area contributed by atoms with Crippen LogP contribution >= 0.6 is 23.4 Å². The van der Waals surface area contributed by atoms with Crippen LogP contribution < -0.4 is 4.90 Å². The minimum absolute atomic E-state index is 0.201. The third-order valence-corrected chi connectivity index (χ3v) is 6.27. The second-order valence-corrected chi connectivity index (χ2v) is 8.39. The molecular weight excluding hydrogens is 340 g/mol. The maximum absolute atomic E-state index is 9.36. The second kappa shape index (κ2) is 6.96. The van der Waals surface area contributed by atoms with Gasteiger partial charge in [0.2, 0.25) is 0 Å². The van der Waals surface area contributed by atoms with Crippen molar-refractivity contribution in [1.29, 1.82) is 0 Å². The van der Waals surface area contributed by atoms with Crippen LogP contribution in [0.5, 0.6) is 0 Å². The lowest BCUT2D eigenvalue weighted by Crippen LogP contribution is -2.53. The van der Waals surface area contributed by atoms with Crippen molar-refractivity contribution in [3.63, 3.8) is 0 Å². The summed E-state index contributed by atoms with van der Waals surface area (Å²) in [6.45, 7) is 4.06. The maximum atomic E-state index is 9.36. The van der Waals surface area contributed by atoms with Crippen LogP contribution in [0.1, 0.15) is 6.92 Å². The van der Waals surface area contributed by atoms with Gasteiger partial charge in [0.25, 0.3) is 0 Å². The van der Waals surface area contributed by atoms with E-state index in [1.807, 2.05) is 6.07 Å². The van der Waals surface area contributed by atoms with Crippen LogP contribution in [0.25, 0.3) is 0 Å². The van der Waals surface area contributed by atoms with E-state index >= 15 is 0 Å². The fourth-order valence-corrected chi connectivity index (χ4v) is 4.20. The van der Waals surface area contributed by atoms with Crippen molar-refractivity contribution in [2.45, 2.75) is 22.8 Å². The maximum Gasteiger partial charge on any atom is 0.104 e. The van der Waals surface area contributed by atoms with Crippen LogP contribution in [-0.2, 0) is 0 Å². The highest BCUT2D eigenvalue weighted by molar-refractivity contribution is 7.99. The molecule has 24 heavy (non-hydrogen) atoms. The van der Waals surface area contributed by atoms with Gasteiger partial charge in [0.05, 0.1) is 38.6 Å². The number of hydrogen-bond donors (Lipinski definition) is 1. The van der Waals surface area contributed by atoms with E-state index in [2.05, 4.69) is 62.3 Å². The Morgan fingerprint density at radius 1 is 1.12 bits per heavy atom. The molecule has 0 saturated carbocycles. The van der Waals surface area contributed by atoms with Crippen molar-refractivity contribution in [1.82, 2.24) is 0 Å². The average molecular weight is 364 g/mol. The Morgan fingerprint density at radius 3 is 2.58 bits per heavy atom. The number of aliphatic hydroxyl groups is 1. The first-order chi connectivity index (χ1) is 11.4. The van der Waals surface area contributed by atoms with Crippen molar-refractivity contribution < 1.29 is 9.59 Å². The highest BCUT2D eigenvalue weighted by Crippen LogP contribution is 2.48. The molecular formula is C19H24ClN2OS+. The number of nitrogens with zero attached hydrogens (tertiary/aromatic N) is 2. The Bertz CT molecular complexity index is 735. The molecule has 0 radical (unpaired) electrons. The first-order valence-corrected chi connectivity index (χ1v) is 9.39. The normalized spacial score (nSPS) is 15.0. The molecule has 0 amide bonds. The Labute approximate surface area is 153 Å². The number of benzene rings is 2. The molecule has 1 aliphatic heterocycles. The molecule has 0 bridgehead atoms. The van der Waals surface area contributed by atoms with Crippen LogP contribution in [0.15, 0.2) is 52.3 Å². The Balaban J connectivity index is 1.99. The molecule has 0 saturated heterocycles. The SMILES string of the molecule is CC(CN1c2ccccc2Sc2ccc(Cl)cc21)[N+](C)(C)CCO. The van der Waals surface area contributed by atoms with E-state index in [4.69, 9.17) is 11.6 Å². The van der Waals surface area contributed by atoms with Gasteiger partial charge in [-0.25, -0.2) is 0 Å². The smallest absolute Gasteiger partial charge is 0.104 e. The summed E-state index contributed by atoms with van der Waals surface area (Å²) in [5, 5.41) is 10.1. The summed E-state index contributed by atoms with van der Waals surface area (Å²) in [6, 6.07) is 15.0. The Hall–Kier alpha value is -1.20. The van der Waals surface area contributed by atoms with Crippen molar-refractivity contribution in [2.24, 2.45) is 0 Å². The minimum atomic E-state index is 0.201. The molecule has 2 aromatic carbocycles. The van der Waals surface area contributed by atoms with Crippen molar-refractivity contribution >= 4 is 34.7 Å². The van der Waals surface area contributed by atoms with Crippen molar-refractivity contribution in [2.75, 3.05) is 38.7 Å². The summed E-state index contributed by atoms with van der Waals surface area (Å²) in [7, 11) is 4.34. The van der Waals surface area contributed by atoms with Gasteiger partial charge in [-0.05, 0) is 37.3 Å². The summed E-state index contributed by atoms with van der Waals surface area (Å²) in [5.41, 5.74) is 2.40. The number of anilines is 2. The number of para-hydroxylation sites is 1. The van der Waals surface area contributed by atoms with Gasteiger partial charge in [0.15, 0.2) is 0 Å². The molecule has 3 rings (SSSR count). The minimum Gasteiger partial charge on any atom is -0.391 e. The van der Waals surface area contributed by atoms with E-state index in [1.165, 1.54) is 21.2 Å². The first kappa shape index (κ1) is 17.6. The molecule has 1 atom stereocenters. The van der Waals surface area contributed by atoms with E-state index in [0.29, 0.717) is 6.04 Å². The molecule has 0 spiro atoms. The summed E-state index contributed by atoms with van der Waals surface area (Å²) >= 11 is 8.07. The van der Waals surface area contributed by atoms with Gasteiger partial charge in [-0.2, -0.15) is 0 Å². The predicted molar refractivity (Wildman–Crippen MR) is 103 cm³/mol. The van der Waals surface area contributed by atoms with Gasteiger partial charge in [-0.3, -0.25) is 0 Å². The van der Waals surface area contributed by atoms with E-state index in [0.717, 1.165) is 22.6 Å².